The summed E-state index contributed by atoms with van der Waals surface area (Å²) >= 11 is 0. The number of nitrogens with one attached hydrogen (secondary N) is 1. The summed E-state index contributed by atoms with van der Waals surface area (Å²) < 4.78 is 10.3. The lowest BCUT2D eigenvalue weighted by molar-refractivity contribution is 0.0935. The van der Waals surface area contributed by atoms with Crippen molar-refractivity contribution in [2.24, 2.45) is 0 Å². The smallest absolute Gasteiger partial charge is 0.183 e. The Morgan fingerprint density at radius 1 is 1.32 bits per heavy atom. The maximum absolute atomic E-state index is 12.4. The largest absolute Gasteiger partial charge is 0.497 e. The van der Waals surface area contributed by atoms with Crippen LogP contribution in [0.2, 0.25) is 0 Å². The fraction of sp³-hybridized carbons (Fsp3) is 0.500. The highest BCUT2D eigenvalue weighted by molar-refractivity contribution is 6.02. The van der Waals surface area contributed by atoms with Gasteiger partial charge in [-0.25, -0.2) is 0 Å². The number of methoxy groups -OCH3 is 2. The number of carbonyl (C=O) groups excluding carboxylic acids is 1. The number of aliphatic hydroxyl groups is 1. The zero-order chi connectivity index (χ0) is 14.4. The van der Waals surface area contributed by atoms with Crippen molar-refractivity contribution in [3.05, 3.63) is 23.8 Å². The van der Waals surface area contributed by atoms with E-state index in [1.54, 1.807) is 32.2 Å². The third-order valence-corrected chi connectivity index (χ3v) is 2.87. The van der Waals surface area contributed by atoms with Crippen molar-refractivity contribution >= 4 is 5.78 Å². The zero-order valence-electron chi connectivity index (χ0n) is 11.8. The maximum Gasteiger partial charge on any atom is 0.183 e. The predicted molar refractivity (Wildman–Crippen MR) is 73.0 cm³/mol. The van der Waals surface area contributed by atoms with Crippen LogP contribution in [-0.2, 0) is 0 Å². The molecule has 5 heteroatoms. The van der Waals surface area contributed by atoms with Gasteiger partial charge in [0.05, 0.1) is 32.4 Å². The Hall–Kier alpha value is -1.59. The van der Waals surface area contributed by atoms with Gasteiger partial charge in [-0.05, 0) is 32.0 Å². The summed E-state index contributed by atoms with van der Waals surface area (Å²) in [5.74, 6) is 1.01. The molecule has 0 aliphatic carbocycles. The molecule has 19 heavy (non-hydrogen) atoms. The van der Waals surface area contributed by atoms with E-state index in [1.807, 2.05) is 6.92 Å². The van der Waals surface area contributed by atoms with Gasteiger partial charge in [0, 0.05) is 6.04 Å². The summed E-state index contributed by atoms with van der Waals surface area (Å²) in [4.78, 5) is 12.4. The fourth-order valence-corrected chi connectivity index (χ4v) is 1.80. The molecule has 0 saturated carbocycles. The molecule has 2 N–H and O–H groups in total. The van der Waals surface area contributed by atoms with E-state index in [2.05, 4.69) is 5.32 Å². The van der Waals surface area contributed by atoms with Crippen LogP contribution in [0, 0.1) is 0 Å². The minimum absolute atomic E-state index is 0.0210. The molecule has 106 valence electrons. The first kappa shape index (κ1) is 15.5. The number of hydrogen-bond acceptors (Lipinski definition) is 5. The van der Waals surface area contributed by atoms with E-state index in [4.69, 9.17) is 14.6 Å². The van der Waals surface area contributed by atoms with Gasteiger partial charge in [-0.15, -0.1) is 0 Å². The van der Waals surface area contributed by atoms with Gasteiger partial charge < -0.3 is 19.9 Å². The molecule has 0 saturated heterocycles. The van der Waals surface area contributed by atoms with Gasteiger partial charge >= 0.3 is 0 Å². The van der Waals surface area contributed by atoms with Crippen LogP contribution in [0.3, 0.4) is 0 Å². The monoisotopic (exact) mass is 267 g/mol. The molecule has 1 rings (SSSR count). The number of benzene rings is 1. The molecule has 0 aromatic heterocycles. The van der Waals surface area contributed by atoms with Crippen molar-refractivity contribution in [3.8, 4) is 11.5 Å². The van der Waals surface area contributed by atoms with E-state index in [-0.39, 0.29) is 18.4 Å². The molecule has 1 aromatic rings. The Kier molecular flexibility index (Phi) is 5.79. The Balaban J connectivity index is 2.96. The number of Topliss-reactive ketones (excluding diaryl/α,β-unsaturated/α-hetero) is 1. The highest BCUT2D eigenvalue weighted by atomic mass is 16.5. The molecule has 0 aliphatic rings. The molecule has 0 fully saturated rings. The van der Waals surface area contributed by atoms with Gasteiger partial charge in [0.2, 0.25) is 0 Å². The number of hydrogen-bond donors (Lipinski definition) is 2. The molecule has 5 nitrogen and oxygen atoms in total. The van der Waals surface area contributed by atoms with Crippen molar-refractivity contribution < 1.29 is 19.4 Å². The molecule has 0 amide bonds. The molecule has 1 aromatic carbocycles. The van der Waals surface area contributed by atoms with Gasteiger partial charge in [-0.2, -0.15) is 0 Å². The molecule has 0 spiro atoms. The van der Waals surface area contributed by atoms with Gasteiger partial charge in [0.25, 0.3) is 0 Å². The first-order valence-electron chi connectivity index (χ1n) is 6.16. The summed E-state index contributed by atoms with van der Waals surface area (Å²) in [6.45, 7) is 3.55. The third kappa shape index (κ3) is 3.94. The van der Waals surface area contributed by atoms with Crippen molar-refractivity contribution in [3.63, 3.8) is 0 Å². The lowest BCUT2D eigenvalue weighted by Crippen LogP contribution is -2.41. The molecule has 0 heterocycles. The van der Waals surface area contributed by atoms with Gasteiger partial charge in [0.1, 0.15) is 11.5 Å². The topological polar surface area (TPSA) is 67.8 Å². The van der Waals surface area contributed by atoms with Crippen LogP contribution in [-0.4, -0.2) is 43.8 Å². The zero-order valence-corrected chi connectivity index (χ0v) is 11.8. The SMILES string of the molecule is COc1ccc(OC)c(C(=O)C(C)NC(C)CO)c1. The summed E-state index contributed by atoms with van der Waals surface area (Å²) in [6, 6.07) is 4.54. The number of rotatable bonds is 7. The first-order chi connectivity index (χ1) is 9.03. The lowest BCUT2D eigenvalue weighted by atomic mass is 10.0. The van der Waals surface area contributed by atoms with Gasteiger partial charge in [-0.1, -0.05) is 0 Å². The van der Waals surface area contributed by atoms with Crippen LogP contribution in [0.1, 0.15) is 24.2 Å². The van der Waals surface area contributed by atoms with E-state index >= 15 is 0 Å². The second-order valence-corrected chi connectivity index (χ2v) is 4.40. The summed E-state index contributed by atoms with van der Waals surface area (Å²) in [5, 5.41) is 12.0. The fourth-order valence-electron chi connectivity index (χ4n) is 1.80. The van der Waals surface area contributed by atoms with Crippen molar-refractivity contribution in [1.82, 2.24) is 5.32 Å². The van der Waals surface area contributed by atoms with Crippen LogP contribution < -0.4 is 14.8 Å². The lowest BCUT2D eigenvalue weighted by Gasteiger charge is -2.18. The van der Waals surface area contributed by atoms with Gasteiger partial charge in [-0.3, -0.25) is 4.79 Å². The Morgan fingerprint density at radius 2 is 2.00 bits per heavy atom. The van der Waals surface area contributed by atoms with E-state index in [9.17, 15) is 4.79 Å². The second-order valence-electron chi connectivity index (χ2n) is 4.40. The molecule has 2 atom stereocenters. The molecular formula is C14H21NO4. The first-order valence-corrected chi connectivity index (χ1v) is 6.16. The second kappa shape index (κ2) is 7.11. The standard InChI is InChI=1S/C14H21NO4/c1-9(8-16)15-10(2)14(17)12-7-11(18-3)5-6-13(12)19-4/h5-7,9-10,15-16H,8H2,1-4H3. The Morgan fingerprint density at radius 3 is 2.53 bits per heavy atom. The summed E-state index contributed by atoms with van der Waals surface area (Å²) in [5.41, 5.74) is 0.465. The minimum Gasteiger partial charge on any atom is -0.497 e. The average Bonchev–Trinajstić information content (AvgIpc) is 2.45. The van der Waals surface area contributed by atoms with Crippen molar-refractivity contribution in [2.75, 3.05) is 20.8 Å². The van der Waals surface area contributed by atoms with Crippen LogP contribution in [0.15, 0.2) is 18.2 Å². The quantitative estimate of drug-likeness (QED) is 0.728. The van der Waals surface area contributed by atoms with E-state index in [1.165, 1.54) is 7.11 Å². The van der Waals surface area contributed by atoms with E-state index < -0.39 is 6.04 Å². The maximum atomic E-state index is 12.4. The van der Waals surface area contributed by atoms with Crippen LogP contribution in [0.25, 0.3) is 0 Å². The molecule has 0 aliphatic heterocycles. The molecule has 0 bridgehead atoms. The predicted octanol–water partition coefficient (Wildman–Crippen LogP) is 1.25. The number of aliphatic hydroxyl groups excluding tert-OH is 1. The molecule has 0 radical (unpaired) electrons. The normalized spacial score (nSPS) is 13.7. The van der Waals surface area contributed by atoms with E-state index in [0.29, 0.717) is 17.1 Å². The van der Waals surface area contributed by atoms with Crippen LogP contribution in [0.4, 0.5) is 0 Å². The van der Waals surface area contributed by atoms with Crippen molar-refractivity contribution in [2.45, 2.75) is 25.9 Å². The van der Waals surface area contributed by atoms with Crippen molar-refractivity contribution in [1.29, 1.82) is 0 Å². The van der Waals surface area contributed by atoms with Gasteiger partial charge in [0.15, 0.2) is 5.78 Å². The van der Waals surface area contributed by atoms with E-state index in [0.717, 1.165) is 0 Å². The summed E-state index contributed by atoms with van der Waals surface area (Å²) in [6.07, 6.45) is 0. The van der Waals surface area contributed by atoms with Crippen LogP contribution in [0.5, 0.6) is 11.5 Å². The number of ether oxygens (including phenoxy) is 2. The highest BCUT2D eigenvalue weighted by Crippen LogP contribution is 2.25. The molecule has 2 unspecified atom stereocenters. The minimum atomic E-state index is -0.414. The average molecular weight is 267 g/mol. The Bertz CT molecular complexity index is 433. The van der Waals surface area contributed by atoms with Crippen LogP contribution >= 0.6 is 0 Å². The third-order valence-electron chi connectivity index (χ3n) is 2.87. The molecular weight excluding hydrogens is 246 g/mol. The summed E-state index contributed by atoms with van der Waals surface area (Å²) in [7, 11) is 3.07. The highest BCUT2D eigenvalue weighted by Gasteiger charge is 2.21. The number of ketones is 1. The Labute approximate surface area is 113 Å². The number of carbonyl (C=O) groups is 1.